The summed E-state index contributed by atoms with van der Waals surface area (Å²) in [4.78, 5) is 10.6. The molecule has 1 atom stereocenters. The summed E-state index contributed by atoms with van der Waals surface area (Å²) >= 11 is 0. The molecule has 0 aliphatic heterocycles. The van der Waals surface area contributed by atoms with Crippen molar-refractivity contribution >= 4 is 15.9 Å². The lowest BCUT2D eigenvalue weighted by molar-refractivity contribution is -0.274. The molecule has 1 aromatic carbocycles. The molecule has 0 heterocycles. The lowest BCUT2D eigenvalue weighted by Gasteiger charge is -2.13. The van der Waals surface area contributed by atoms with Gasteiger partial charge in [-0.3, -0.25) is 10.0 Å². The Morgan fingerprint density at radius 1 is 1.29 bits per heavy atom. The van der Waals surface area contributed by atoms with Gasteiger partial charge < -0.3 is 4.74 Å². The lowest BCUT2D eigenvalue weighted by Crippen LogP contribution is -2.43. The minimum absolute atomic E-state index is 0.366. The third-order valence-corrected chi connectivity index (χ3v) is 3.76. The van der Waals surface area contributed by atoms with Crippen molar-refractivity contribution < 1.29 is 36.3 Å². The van der Waals surface area contributed by atoms with Gasteiger partial charge >= 0.3 is 6.36 Å². The molecule has 0 radical (unpaired) electrons. The highest BCUT2D eigenvalue weighted by Gasteiger charge is 2.31. The first-order valence-corrected chi connectivity index (χ1v) is 6.85. The average molecular weight is 328 g/mol. The number of rotatable bonds is 5. The molecule has 1 aromatic rings. The van der Waals surface area contributed by atoms with Crippen LogP contribution in [0.3, 0.4) is 0 Å². The van der Waals surface area contributed by atoms with Crippen LogP contribution in [-0.2, 0) is 14.8 Å². The van der Waals surface area contributed by atoms with Gasteiger partial charge in [-0.25, -0.2) is 13.9 Å². The van der Waals surface area contributed by atoms with Crippen molar-refractivity contribution in [3.8, 4) is 5.75 Å². The number of halogens is 3. The molecule has 0 aromatic heterocycles. The molecular weight excluding hydrogens is 317 g/mol. The van der Waals surface area contributed by atoms with E-state index in [0.29, 0.717) is 0 Å². The number of nitrogens with one attached hydrogen (secondary N) is 2. The smallest absolute Gasteiger partial charge is 0.406 e. The van der Waals surface area contributed by atoms with Crippen LogP contribution in [0.25, 0.3) is 0 Å². The number of ether oxygens (including phenoxy) is 1. The van der Waals surface area contributed by atoms with Crippen LogP contribution < -0.4 is 14.9 Å². The van der Waals surface area contributed by atoms with E-state index in [-0.39, 0.29) is 4.90 Å². The summed E-state index contributed by atoms with van der Waals surface area (Å²) in [6.45, 7) is 1.17. The number of alkyl halides is 3. The maximum atomic E-state index is 12.0. The third-order valence-electron chi connectivity index (χ3n) is 2.20. The Hall–Kier alpha value is -1.85. The standard InChI is InChI=1S/C10H11F3N2O5S/c1-6(9(16)14-17)15-21(18,19)8-4-2-7(3-5-8)20-10(11,12)13/h2-6,15,17H,1H3,(H,14,16). The first kappa shape index (κ1) is 17.2. The normalized spacial score (nSPS) is 13.6. The van der Waals surface area contributed by atoms with Crippen LogP contribution >= 0.6 is 0 Å². The second-order valence-corrected chi connectivity index (χ2v) is 5.55. The van der Waals surface area contributed by atoms with Crippen molar-refractivity contribution in [1.82, 2.24) is 10.2 Å². The Kier molecular flexibility index (Phi) is 5.15. The monoisotopic (exact) mass is 328 g/mol. The summed E-state index contributed by atoms with van der Waals surface area (Å²) in [5.41, 5.74) is 1.26. The molecule has 11 heteroatoms. The highest BCUT2D eigenvalue weighted by Crippen LogP contribution is 2.23. The number of amides is 1. The van der Waals surface area contributed by atoms with Crippen molar-refractivity contribution in [2.24, 2.45) is 0 Å². The van der Waals surface area contributed by atoms with E-state index in [2.05, 4.69) is 4.74 Å². The Balaban J connectivity index is 2.88. The van der Waals surface area contributed by atoms with Crippen molar-refractivity contribution in [2.75, 3.05) is 0 Å². The van der Waals surface area contributed by atoms with Crippen LogP contribution in [0.15, 0.2) is 29.2 Å². The minimum atomic E-state index is -4.88. The molecule has 0 aliphatic carbocycles. The van der Waals surface area contributed by atoms with Gasteiger partial charge in [0.05, 0.1) is 4.90 Å². The van der Waals surface area contributed by atoms with E-state index in [1.807, 2.05) is 4.72 Å². The molecule has 0 saturated carbocycles. The van der Waals surface area contributed by atoms with Gasteiger partial charge in [-0.15, -0.1) is 13.2 Å². The fourth-order valence-electron chi connectivity index (χ4n) is 1.27. The molecule has 0 saturated heterocycles. The lowest BCUT2D eigenvalue weighted by atomic mass is 10.3. The molecule has 0 spiro atoms. The number of carbonyl (C=O) groups is 1. The summed E-state index contributed by atoms with van der Waals surface area (Å²) in [5.74, 6) is -1.57. The fraction of sp³-hybridized carbons (Fsp3) is 0.300. The molecular formula is C10H11F3N2O5S. The maximum absolute atomic E-state index is 12.0. The number of sulfonamides is 1. The van der Waals surface area contributed by atoms with Crippen LogP contribution in [0.5, 0.6) is 5.75 Å². The summed E-state index contributed by atoms with van der Waals surface area (Å²) in [5, 5.41) is 8.36. The van der Waals surface area contributed by atoms with E-state index in [0.717, 1.165) is 24.3 Å². The zero-order chi connectivity index (χ0) is 16.3. The van der Waals surface area contributed by atoms with Gasteiger partial charge in [-0.2, -0.15) is 4.72 Å². The third kappa shape index (κ3) is 5.21. The van der Waals surface area contributed by atoms with Gasteiger partial charge in [0.25, 0.3) is 5.91 Å². The van der Waals surface area contributed by atoms with Crippen LogP contribution in [0.4, 0.5) is 13.2 Å². The van der Waals surface area contributed by atoms with Crippen LogP contribution in [0.1, 0.15) is 6.92 Å². The predicted octanol–water partition coefficient (Wildman–Crippen LogP) is 0.757. The highest BCUT2D eigenvalue weighted by atomic mass is 32.2. The van der Waals surface area contributed by atoms with Crippen molar-refractivity contribution in [3.05, 3.63) is 24.3 Å². The molecule has 1 amide bonds. The van der Waals surface area contributed by atoms with E-state index in [9.17, 15) is 26.4 Å². The van der Waals surface area contributed by atoms with Crippen molar-refractivity contribution in [1.29, 1.82) is 0 Å². The summed E-state index contributed by atoms with van der Waals surface area (Å²) < 4.78 is 65.0. The van der Waals surface area contributed by atoms with E-state index in [1.165, 1.54) is 12.4 Å². The molecule has 3 N–H and O–H groups in total. The second kappa shape index (κ2) is 6.28. The van der Waals surface area contributed by atoms with Gasteiger partial charge in [0, 0.05) is 0 Å². The minimum Gasteiger partial charge on any atom is -0.406 e. The molecule has 0 bridgehead atoms. The van der Waals surface area contributed by atoms with Gasteiger partial charge in [0.15, 0.2) is 0 Å². The summed E-state index contributed by atoms with van der Waals surface area (Å²) in [7, 11) is -4.13. The molecule has 1 unspecified atom stereocenters. The Bertz CT molecular complexity index is 600. The van der Waals surface area contributed by atoms with Crippen LogP contribution in [-0.4, -0.2) is 31.9 Å². The van der Waals surface area contributed by atoms with E-state index >= 15 is 0 Å². The van der Waals surface area contributed by atoms with E-state index < -0.39 is 34.1 Å². The van der Waals surface area contributed by atoms with Gasteiger partial charge in [0.2, 0.25) is 10.0 Å². The number of carbonyl (C=O) groups excluding carboxylic acids is 1. The number of hydrogen-bond donors (Lipinski definition) is 3. The van der Waals surface area contributed by atoms with Crippen LogP contribution in [0.2, 0.25) is 0 Å². The zero-order valence-corrected chi connectivity index (χ0v) is 11.3. The Labute approximate surface area is 117 Å². The summed E-state index contributed by atoms with van der Waals surface area (Å²) in [6, 6.07) is 2.13. The molecule has 1 rings (SSSR count). The van der Waals surface area contributed by atoms with Gasteiger partial charge in [-0.1, -0.05) is 0 Å². The van der Waals surface area contributed by atoms with E-state index in [1.54, 1.807) is 0 Å². The fourth-order valence-corrected chi connectivity index (χ4v) is 2.47. The number of hydroxylamine groups is 1. The topological polar surface area (TPSA) is 105 Å². The van der Waals surface area contributed by atoms with Gasteiger partial charge in [-0.05, 0) is 31.2 Å². The van der Waals surface area contributed by atoms with E-state index in [4.69, 9.17) is 5.21 Å². The second-order valence-electron chi connectivity index (χ2n) is 3.84. The highest BCUT2D eigenvalue weighted by molar-refractivity contribution is 7.89. The quantitative estimate of drug-likeness (QED) is 0.547. The molecule has 21 heavy (non-hydrogen) atoms. The first-order chi connectivity index (χ1) is 9.55. The SMILES string of the molecule is CC(NS(=O)(=O)c1ccc(OC(F)(F)F)cc1)C(=O)NO. The number of hydrogen-bond acceptors (Lipinski definition) is 5. The predicted molar refractivity (Wildman–Crippen MR) is 62.8 cm³/mol. The molecule has 7 nitrogen and oxygen atoms in total. The average Bonchev–Trinajstić information content (AvgIpc) is 2.35. The largest absolute Gasteiger partial charge is 0.573 e. The molecule has 0 fully saturated rings. The maximum Gasteiger partial charge on any atom is 0.573 e. The number of benzene rings is 1. The summed E-state index contributed by atoms with van der Waals surface area (Å²) in [6.07, 6.45) is -4.88. The molecule has 118 valence electrons. The first-order valence-electron chi connectivity index (χ1n) is 5.37. The Morgan fingerprint density at radius 3 is 2.24 bits per heavy atom. The Morgan fingerprint density at radius 2 is 1.81 bits per heavy atom. The van der Waals surface area contributed by atoms with Crippen LogP contribution in [0, 0.1) is 0 Å². The zero-order valence-electron chi connectivity index (χ0n) is 10.5. The van der Waals surface area contributed by atoms with Gasteiger partial charge in [0.1, 0.15) is 11.8 Å². The van der Waals surface area contributed by atoms with Crippen molar-refractivity contribution in [2.45, 2.75) is 24.2 Å². The van der Waals surface area contributed by atoms with Crippen molar-refractivity contribution in [3.63, 3.8) is 0 Å². The molecule has 0 aliphatic rings.